The van der Waals surface area contributed by atoms with Crippen LogP contribution in [-0.2, 0) is 24.3 Å². The minimum absolute atomic E-state index is 0.00357. The Hall–Kier alpha value is -2.72. The van der Waals surface area contributed by atoms with Gasteiger partial charge in [0.05, 0.1) is 0 Å². The first-order chi connectivity index (χ1) is 14.4. The number of hydrogen-bond acceptors (Lipinski definition) is 5. The summed E-state index contributed by atoms with van der Waals surface area (Å²) in [7, 11) is -4.16. The van der Waals surface area contributed by atoms with Gasteiger partial charge in [-0.25, -0.2) is 0 Å². The molecule has 3 aromatic carbocycles. The fourth-order valence-corrected chi connectivity index (χ4v) is 10.5. The molecular weight excluding hydrogens is 517 g/mol. The number of nitrogens with zero attached hydrogens (tertiary/aromatic N) is 1. The van der Waals surface area contributed by atoms with Crippen LogP contribution in [0, 0.1) is 10.5 Å². The summed E-state index contributed by atoms with van der Waals surface area (Å²) in [4.78, 5) is 25.6. The molecule has 0 aliphatic carbocycles. The fraction of sp³-hybridized carbons (Fsp3) is 0.0909. The molecule has 8 heteroatoms. The van der Waals surface area contributed by atoms with Crippen molar-refractivity contribution >= 4 is 42.4 Å². The molecule has 0 radical (unpaired) electrons. The van der Waals surface area contributed by atoms with Crippen LogP contribution in [0.1, 0.15) is 21.5 Å². The zero-order chi connectivity index (χ0) is 21.3. The first-order valence-electron chi connectivity index (χ1n) is 9.08. The second-order valence-corrected chi connectivity index (χ2v) is 13.0. The molecule has 1 amide bonds. The molecule has 0 bridgehead atoms. The molecule has 0 saturated heterocycles. The first kappa shape index (κ1) is 20.5. The van der Waals surface area contributed by atoms with Gasteiger partial charge in [-0.3, -0.25) is 0 Å². The van der Waals surface area contributed by atoms with Crippen LogP contribution in [0.3, 0.4) is 0 Å². The fourth-order valence-electron chi connectivity index (χ4n) is 2.96. The number of sulfonamides is 1. The molecule has 4 rings (SSSR count). The monoisotopic (exact) mass is 535 g/mol. The molecular formula is C22H18INO5S. The third-order valence-corrected chi connectivity index (χ3v) is 12.4. The normalized spacial score (nSPS) is 14.5. The van der Waals surface area contributed by atoms with E-state index in [0.717, 1.165) is 13.6 Å². The summed E-state index contributed by atoms with van der Waals surface area (Å²) in [5, 5.41) is 0. The van der Waals surface area contributed by atoms with Crippen molar-refractivity contribution < 1.29 is 21.1 Å². The van der Waals surface area contributed by atoms with E-state index >= 15 is 0 Å². The van der Waals surface area contributed by atoms with Crippen molar-refractivity contribution in [1.29, 1.82) is 0 Å². The number of carbonyl (C=O) groups excluding carboxylic acids is 2. The molecule has 0 aromatic heterocycles. The maximum atomic E-state index is 13.3. The molecule has 154 valence electrons. The number of amides is 1. The molecule has 0 atom stereocenters. The van der Waals surface area contributed by atoms with Gasteiger partial charge in [-0.2, -0.15) is 0 Å². The van der Waals surface area contributed by atoms with Crippen LogP contribution in [0.5, 0.6) is 0 Å². The van der Waals surface area contributed by atoms with E-state index < -0.39 is 42.4 Å². The van der Waals surface area contributed by atoms with E-state index in [-0.39, 0.29) is 16.9 Å². The Kier molecular flexibility index (Phi) is 5.61. The van der Waals surface area contributed by atoms with Gasteiger partial charge in [-0.15, -0.1) is 0 Å². The zero-order valence-corrected chi connectivity index (χ0v) is 19.0. The Labute approximate surface area is 182 Å². The molecule has 0 fully saturated rings. The first-order valence-corrected chi connectivity index (χ1v) is 13.4. The topological polar surface area (TPSA) is 80.8 Å². The Morgan fingerprint density at radius 2 is 1.57 bits per heavy atom. The molecule has 1 aliphatic heterocycles. The minimum atomic E-state index is -4.16. The van der Waals surface area contributed by atoms with Gasteiger partial charge in [0.15, 0.2) is 0 Å². The van der Waals surface area contributed by atoms with E-state index in [9.17, 15) is 18.0 Å². The van der Waals surface area contributed by atoms with Crippen LogP contribution in [0.2, 0.25) is 0 Å². The van der Waals surface area contributed by atoms with Gasteiger partial charge < -0.3 is 0 Å². The van der Waals surface area contributed by atoms with Crippen LogP contribution < -0.4 is 0 Å². The Balaban J connectivity index is 1.70. The molecule has 0 N–H and O–H groups in total. The van der Waals surface area contributed by atoms with E-state index in [1.54, 1.807) is 48.5 Å². The van der Waals surface area contributed by atoms with E-state index in [4.69, 9.17) is 3.07 Å². The predicted molar refractivity (Wildman–Crippen MR) is 120 cm³/mol. The van der Waals surface area contributed by atoms with Crippen molar-refractivity contribution in [2.45, 2.75) is 18.2 Å². The van der Waals surface area contributed by atoms with Gasteiger partial charge in [0.1, 0.15) is 0 Å². The summed E-state index contributed by atoms with van der Waals surface area (Å²) in [6.07, 6.45) is 0.00357. The quantitative estimate of drug-likeness (QED) is 0.363. The average molecular weight is 535 g/mol. The van der Waals surface area contributed by atoms with Crippen LogP contribution in [0.25, 0.3) is 0 Å². The molecule has 3 aromatic rings. The van der Waals surface area contributed by atoms with Crippen molar-refractivity contribution in [2.24, 2.45) is 0 Å². The van der Waals surface area contributed by atoms with Crippen molar-refractivity contribution in [3.05, 3.63) is 99.1 Å². The Bertz CT molecular complexity index is 1210. The molecule has 0 saturated carbocycles. The van der Waals surface area contributed by atoms with Crippen LogP contribution >= 0.6 is 20.5 Å². The summed E-state index contributed by atoms with van der Waals surface area (Å²) >= 11 is -3.34. The molecule has 0 unspecified atom stereocenters. The third-order valence-electron chi connectivity index (χ3n) is 4.46. The van der Waals surface area contributed by atoms with Crippen molar-refractivity contribution in [2.75, 3.05) is 0 Å². The summed E-state index contributed by atoms with van der Waals surface area (Å²) < 4.78 is 33.7. The predicted octanol–water partition coefficient (Wildman–Crippen LogP) is 4.13. The van der Waals surface area contributed by atoms with Gasteiger partial charge in [-0.05, 0) is 0 Å². The number of benzene rings is 3. The number of rotatable bonds is 5. The summed E-state index contributed by atoms with van der Waals surface area (Å²) in [5.74, 6) is -1.20. The molecule has 0 spiro atoms. The summed E-state index contributed by atoms with van der Waals surface area (Å²) in [6, 6.07) is 21.9. The van der Waals surface area contributed by atoms with Gasteiger partial charge in [0, 0.05) is 0 Å². The van der Waals surface area contributed by atoms with Crippen molar-refractivity contribution in [3.8, 4) is 0 Å². The van der Waals surface area contributed by atoms with Gasteiger partial charge >= 0.3 is 183 Å². The maximum absolute atomic E-state index is 13.3. The molecule has 1 heterocycles. The van der Waals surface area contributed by atoms with E-state index in [1.807, 2.05) is 25.1 Å². The van der Waals surface area contributed by atoms with Crippen molar-refractivity contribution in [1.82, 2.24) is 2.52 Å². The number of fused-ring (bicyclic) bond motifs is 1. The van der Waals surface area contributed by atoms with Crippen molar-refractivity contribution in [3.63, 3.8) is 0 Å². The summed E-state index contributed by atoms with van der Waals surface area (Å²) in [6.45, 7) is 1.84. The standard InChI is InChI=1S/C22H18INO5S/c1-16-11-13-18(14-12-16)30(27,28)24-22(26)19-9-5-6-10-20(19)23(24)29-21(25)15-17-7-3-2-4-8-17/h2-14H,15H2,1H3. The van der Waals surface area contributed by atoms with Gasteiger partial charge in [0.25, 0.3) is 0 Å². The van der Waals surface area contributed by atoms with Crippen LogP contribution in [0.4, 0.5) is 0 Å². The summed E-state index contributed by atoms with van der Waals surface area (Å²) in [5.41, 5.74) is 1.92. The zero-order valence-electron chi connectivity index (χ0n) is 16.0. The number of aryl methyl sites for hydroxylation is 1. The molecule has 1 aliphatic rings. The van der Waals surface area contributed by atoms with E-state index in [1.165, 1.54) is 12.1 Å². The van der Waals surface area contributed by atoms with Gasteiger partial charge in [-0.1, -0.05) is 0 Å². The number of carbonyl (C=O) groups is 2. The second kappa shape index (κ2) is 8.19. The number of halogens is 1. The average Bonchev–Trinajstić information content (AvgIpc) is 3.01. The van der Waals surface area contributed by atoms with E-state index in [2.05, 4.69) is 0 Å². The van der Waals surface area contributed by atoms with E-state index in [0.29, 0.717) is 3.57 Å². The SMILES string of the molecule is Cc1ccc(S(=O)(=O)N2C(=O)c3ccccc3I2OC(=O)Cc2ccccc2)cc1. The Morgan fingerprint density at radius 1 is 0.933 bits per heavy atom. The van der Waals surface area contributed by atoms with Crippen LogP contribution in [-0.4, -0.2) is 22.8 Å². The number of hydrogen-bond donors (Lipinski definition) is 0. The third kappa shape index (κ3) is 3.84. The molecule has 30 heavy (non-hydrogen) atoms. The van der Waals surface area contributed by atoms with Gasteiger partial charge in [0.2, 0.25) is 0 Å². The Morgan fingerprint density at radius 3 is 2.27 bits per heavy atom. The molecule has 6 nitrogen and oxygen atoms in total. The second-order valence-electron chi connectivity index (χ2n) is 6.66. The van der Waals surface area contributed by atoms with Crippen LogP contribution in [0.15, 0.2) is 83.8 Å².